The van der Waals surface area contributed by atoms with Crippen molar-refractivity contribution in [3.05, 3.63) is 23.2 Å². The van der Waals surface area contributed by atoms with Crippen molar-refractivity contribution < 1.29 is 4.74 Å². The van der Waals surface area contributed by atoms with Crippen LogP contribution in [0.1, 0.15) is 25.7 Å². The highest BCUT2D eigenvalue weighted by molar-refractivity contribution is 6.30. The number of hydrogen-bond acceptors (Lipinski definition) is 2. The minimum absolute atomic E-state index is 0.660. The van der Waals surface area contributed by atoms with Crippen LogP contribution in [0.4, 0.5) is 5.69 Å². The highest BCUT2D eigenvalue weighted by Gasteiger charge is 2.17. The van der Waals surface area contributed by atoms with Gasteiger partial charge in [-0.2, -0.15) is 0 Å². The summed E-state index contributed by atoms with van der Waals surface area (Å²) in [5.41, 5.74) is 6.43. The van der Waals surface area contributed by atoms with E-state index in [4.69, 9.17) is 22.1 Å². The highest BCUT2D eigenvalue weighted by atomic mass is 35.5. The predicted molar refractivity (Wildman–Crippen MR) is 63.3 cm³/mol. The standard InChI is InChI=1S/C12H16ClNO/c13-10-4-5-11(14)12(8-10)15-7-6-9-2-1-3-9/h4-5,8-9H,1-3,6-7,14H2. The number of halogens is 1. The molecule has 0 radical (unpaired) electrons. The fourth-order valence-corrected chi connectivity index (χ4v) is 1.91. The van der Waals surface area contributed by atoms with Crippen LogP contribution in [0.15, 0.2) is 18.2 Å². The molecular weight excluding hydrogens is 210 g/mol. The lowest BCUT2D eigenvalue weighted by Crippen LogP contribution is -2.14. The zero-order valence-electron chi connectivity index (χ0n) is 8.71. The number of nitrogen functional groups attached to an aromatic ring is 1. The summed E-state index contributed by atoms with van der Waals surface area (Å²) in [5, 5.41) is 0.669. The van der Waals surface area contributed by atoms with Crippen LogP contribution in [0.2, 0.25) is 5.02 Å². The Morgan fingerprint density at radius 1 is 1.40 bits per heavy atom. The van der Waals surface area contributed by atoms with Crippen LogP contribution in [0.3, 0.4) is 0 Å². The molecule has 1 aromatic carbocycles. The molecule has 2 N–H and O–H groups in total. The minimum atomic E-state index is 0.660. The van der Waals surface area contributed by atoms with E-state index in [0.717, 1.165) is 18.9 Å². The average molecular weight is 226 g/mol. The van der Waals surface area contributed by atoms with Gasteiger partial charge in [0.1, 0.15) is 5.75 Å². The van der Waals surface area contributed by atoms with E-state index in [1.54, 1.807) is 18.2 Å². The fraction of sp³-hybridized carbons (Fsp3) is 0.500. The summed E-state index contributed by atoms with van der Waals surface area (Å²) >= 11 is 5.86. The van der Waals surface area contributed by atoms with E-state index < -0.39 is 0 Å². The Kier molecular flexibility index (Phi) is 3.37. The third-order valence-electron chi connectivity index (χ3n) is 2.98. The SMILES string of the molecule is Nc1ccc(Cl)cc1OCCC1CCC1. The van der Waals surface area contributed by atoms with Crippen molar-refractivity contribution in [2.75, 3.05) is 12.3 Å². The average Bonchev–Trinajstić information content (AvgIpc) is 2.15. The van der Waals surface area contributed by atoms with Gasteiger partial charge in [-0.15, -0.1) is 0 Å². The van der Waals surface area contributed by atoms with Crippen LogP contribution in [-0.4, -0.2) is 6.61 Å². The number of hydrogen-bond donors (Lipinski definition) is 1. The van der Waals surface area contributed by atoms with Crippen molar-refractivity contribution in [3.8, 4) is 5.75 Å². The van der Waals surface area contributed by atoms with Gasteiger partial charge in [0.05, 0.1) is 12.3 Å². The van der Waals surface area contributed by atoms with Crippen LogP contribution >= 0.6 is 11.6 Å². The van der Waals surface area contributed by atoms with Crippen molar-refractivity contribution in [2.45, 2.75) is 25.7 Å². The molecule has 0 saturated heterocycles. The first-order valence-corrected chi connectivity index (χ1v) is 5.81. The maximum Gasteiger partial charge on any atom is 0.143 e. The zero-order chi connectivity index (χ0) is 10.7. The lowest BCUT2D eigenvalue weighted by molar-refractivity contribution is 0.222. The summed E-state index contributed by atoms with van der Waals surface area (Å²) in [6.45, 7) is 0.745. The second-order valence-corrected chi connectivity index (χ2v) is 4.55. The molecule has 2 rings (SSSR count). The number of ether oxygens (including phenoxy) is 1. The van der Waals surface area contributed by atoms with Gasteiger partial charge < -0.3 is 10.5 Å². The highest BCUT2D eigenvalue weighted by Crippen LogP contribution is 2.30. The Bertz CT molecular complexity index is 336. The first kappa shape index (κ1) is 10.6. The quantitative estimate of drug-likeness (QED) is 0.797. The molecule has 1 aliphatic carbocycles. The number of nitrogens with two attached hydrogens (primary N) is 1. The number of rotatable bonds is 4. The molecule has 0 heterocycles. The van der Waals surface area contributed by atoms with Crippen molar-refractivity contribution in [1.29, 1.82) is 0 Å². The van der Waals surface area contributed by atoms with Crippen LogP contribution in [0.25, 0.3) is 0 Å². The first-order chi connectivity index (χ1) is 7.25. The largest absolute Gasteiger partial charge is 0.491 e. The van der Waals surface area contributed by atoms with E-state index in [9.17, 15) is 0 Å². The molecule has 1 aliphatic rings. The van der Waals surface area contributed by atoms with Gasteiger partial charge in [-0.25, -0.2) is 0 Å². The summed E-state index contributed by atoms with van der Waals surface area (Å²) in [6.07, 6.45) is 5.22. The van der Waals surface area contributed by atoms with E-state index in [1.807, 2.05) is 0 Å². The summed E-state index contributed by atoms with van der Waals surface area (Å²) < 4.78 is 5.61. The summed E-state index contributed by atoms with van der Waals surface area (Å²) in [4.78, 5) is 0. The first-order valence-electron chi connectivity index (χ1n) is 5.43. The fourth-order valence-electron chi connectivity index (χ4n) is 1.75. The second-order valence-electron chi connectivity index (χ2n) is 4.12. The molecule has 15 heavy (non-hydrogen) atoms. The maximum atomic E-state index is 5.86. The van der Waals surface area contributed by atoms with Gasteiger partial charge in [-0.1, -0.05) is 30.9 Å². The van der Waals surface area contributed by atoms with E-state index in [0.29, 0.717) is 16.5 Å². The van der Waals surface area contributed by atoms with Crippen molar-refractivity contribution in [1.82, 2.24) is 0 Å². The Hall–Kier alpha value is -0.890. The van der Waals surface area contributed by atoms with E-state index in [2.05, 4.69) is 0 Å². The van der Waals surface area contributed by atoms with Crippen LogP contribution in [-0.2, 0) is 0 Å². The Labute approximate surface area is 95.4 Å². The zero-order valence-corrected chi connectivity index (χ0v) is 9.46. The van der Waals surface area contributed by atoms with Gasteiger partial charge in [0.25, 0.3) is 0 Å². The number of benzene rings is 1. The van der Waals surface area contributed by atoms with Crippen molar-refractivity contribution in [3.63, 3.8) is 0 Å². The molecule has 1 saturated carbocycles. The molecule has 0 aromatic heterocycles. The molecule has 0 aliphatic heterocycles. The third kappa shape index (κ3) is 2.78. The molecule has 0 spiro atoms. The van der Waals surface area contributed by atoms with E-state index >= 15 is 0 Å². The molecular formula is C12H16ClNO. The summed E-state index contributed by atoms with van der Waals surface area (Å²) in [7, 11) is 0. The topological polar surface area (TPSA) is 35.2 Å². The van der Waals surface area contributed by atoms with Gasteiger partial charge in [-0.05, 0) is 24.5 Å². The Morgan fingerprint density at radius 3 is 2.87 bits per heavy atom. The molecule has 1 aromatic rings. The molecule has 2 nitrogen and oxygen atoms in total. The lowest BCUT2D eigenvalue weighted by atomic mass is 9.83. The van der Waals surface area contributed by atoms with Crippen molar-refractivity contribution in [2.24, 2.45) is 5.92 Å². The van der Waals surface area contributed by atoms with Crippen LogP contribution in [0, 0.1) is 5.92 Å². The van der Waals surface area contributed by atoms with E-state index in [-0.39, 0.29) is 0 Å². The minimum Gasteiger partial charge on any atom is -0.491 e. The third-order valence-corrected chi connectivity index (χ3v) is 3.22. The normalized spacial score (nSPS) is 16.1. The maximum absolute atomic E-state index is 5.86. The van der Waals surface area contributed by atoms with Gasteiger partial charge in [0.15, 0.2) is 0 Å². The molecule has 0 bridgehead atoms. The van der Waals surface area contributed by atoms with Crippen LogP contribution < -0.4 is 10.5 Å². The molecule has 0 amide bonds. The smallest absolute Gasteiger partial charge is 0.143 e. The van der Waals surface area contributed by atoms with E-state index in [1.165, 1.54) is 19.3 Å². The monoisotopic (exact) mass is 225 g/mol. The molecule has 1 fully saturated rings. The second kappa shape index (κ2) is 4.75. The molecule has 82 valence electrons. The predicted octanol–water partition coefficient (Wildman–Crippen LogP) is 3.49. The Morgan fingerprint density at radius 2 is 2.20 bits per heavy atom. The van der Waals surface area contributed by atoms with Gasteiger partial charge >= 0.3 is 0 Å². The molecule has 3 heteroatoms. The summed E-state index contributed by atoms with van der Waals surface area (Å²) in [6, 6.07) is 5.33. The molecule has 0 unspecified atom stereocenters. The van der Waals surface area contributed by atoms with Crippen molar-refractivity contribution >= 4 is 17.3 Å². The Balaban J connectivity index is 1.83. The number of anilines is 1. The lowest BCUT2D eigenvalue weighted by Gasteiger charge is -2.25. The van der Waals surface area contributed by atoms with Gasteiger partial charge in [0, 0.05) is 11.1 Å². The molecule has 0 atom stereocenters. The van der Waals surface area contributed by atoms with Gasteiger partial charge in [0.2, 0.25) is 0 Å². The van der Waals surface area contributed by atoms with Gasteiger partial charge in [-0.3, -0.25) is 0 Å². The van der Waals surface area contributed by atoms with Crippen LogP contribution in [0.5, 0.6) is 5.75 Å². The summed E-state index contributed by atoms with van der Waals surface area (Å²) in [5.74, 6) is 1.58.